The third kappa shape index (κ3) is 3.98. The monoisotopic (exact) mass is 395 g/mol. The zero-order valence-corrected chi connectivity index (χ0v) is 18.6. The van der Waals surface area contributed by atoms with Crippen LogP contribution in [0.2, 0.25) is 5.02 Å². The van der Waals surface area contributed by atoms with Gasteiger partial charge in [-0.2, -0.15) is 0 Å². The number of carbonyl (C=O) groups is 1. The molecule has 0 aliphatic carbocycles. The lowest BCUT2D eigenvalue weighted by molar-refractivity contribution is 0.00578. The lowest BCUT2D eigenvalue weighted by Crippen LogP contribution is -2.46. The fourth-order valence-corrected chi connectivity index (χ4v) is 3.76. The summed E-state index contributed by atoms with van der Waals surface area (Å²) in [5.41, 5.74) is 1.04. The fraction of sp³-hybridized carbons (Fsp3) is 0.650. The second-order valence-corrected chi connectivity index (χ2v) is 9.65. The molecule has 150 valence electrons. The SMILES string of the molecule is Cc1c(C(C)N(C(=O)O)C(C)(C)C)ccc(B2OC(C)(C)C(C)(C)O2)c1Cl. The second-order valence-electron chi connectivity index (χ2n) is 9.27. The lowest BCUT2D eigenvalue weighted by Gasteiger charge is -2.39. The number of benzene rings is 1. The second kappa shape index (κ2) is 6.98. The zero-order valence-electron chi connectivity index (χ0n) is 17.8. The van der Waals surface area contributed by atoms with E-state index in [-0.39, 0.29) is 6.04 Å². The van der Waals surface area contributed by atoms with E-state index in [1.165, 1.54) is 4.90 Å². The van der Waals surface area contributed by atoms with Crippen LogP contribution in [0.25, 0.3) is 0 Å². The topological polar surface area (TPSA) is 59.0 Å². The summed E-state index contributed by atoms with van der Waals surface area (Å²) < 4.78 is 12.2. The van der Waals surface area contributed by atoms with Crippen LogP contribution in [0.1, 0.15) is 72.6 Å². The van der Waals surface area contributed by atoms with Gasteiger partial charge in [-0.25, -0.2) is 4.79 Å². The molecule has 5 nitrogen and oxygen atoms in total. The average molecular weight is 396 g/mol. The molecule has 0 aromatic heterocycles. The molecule has 0 bridgehead atoms. The van der Waals surface area contributed by atoms with Gasteiger partial charge in [-0.15, -0.1) is 0 Å². The number of nitrogens with zero attached hydrogens (tertiary/aromatic N) is 1. The minimum atomic E-state index is -0.958. The van der Waals surface area contributed by atoms with Crippen LogP contribution in [0.15, 0.2) is 12.1 Å². The molecule has 1 aromatic carbocycles. The van der Waals surface area contributed by atoms with Crippen molar-refractivity contribution in [1.29, 1.82) is 0 Å². The number of halogens is 1. The predicted octanol–water partition coefficient (Wildman–Crippen LogP) is 4.79. The first-order valence-corrected chi connectivity index (χ1v) is 9.65. The fourth-order valence-electron chi connectivity index (χ4n) is 3.50. The maximum atomic E-state index is 11.8. The number of hydrogen-bond acceptors (Lipinski definition) is 3. The van der Waals surface area contributed by atoms with Crippen molar-refractivity contribution in [2.45, 2.75) is 85.1 Å². The van der Waals surface area contributed by atoms with E-state index >= 15 is 0 Å². The molecule has 0 saturated carbocycles. The first-order chi connectivity index (χ1) is 12.1. The van der Waals surface area contributed by atoms with Crippen LogP contribution in [0, 0.1) is 6.92 Å². The Kier molecular flexibility index (Phi) is 5.70. The van der Waals surface area contributed by atoms with Gasteiger partial charge in [-0.1, -0.05) is 23.7 Å². The van der Waals surface area contributed by atoms with E-state index in [0.29, 0.717) is 5.02 Å². The average Bonchev–Trinajstić information content (AvgIpc) is 2.67. The molecule has 7 heteroatoms. The van der Waals surface area contributed by atoms with Gasteiger partial charge in [0.05, 0.1) is 17.2 Å². The highest BCUT2D eigenvalue weighted by molar-refractivity contribution is 6.65. The molecule has 1 aliphatic rings. The van der Waals surface area contributed by atoms with Crippen LogP contribution in [-0.2, 0) is 9.31 Å². The van der Waals surface area contributed by atoms with Crippen LogP contribution in [0.5, 0.6) is 0 Å². The summed E-state index contributed by atoms with van der Waals surface area (Å²) in [5, 5.41) is 10.2. The van der Waals surface area contributed by atoms with Crippen molar-refractivity contribution in [3.63, 3.8) is 0 Å². The Morgan fingerprint density at radius 1 is 1.19 bits per heavy atom. The number of rotatable bonds is 3. The lowest BCUT2D eigenvalue weighted by atomic mass is 9.77. The van der Waals surface area contributed by atoms with Crippen molar-refractivity contribution in [3.05, 3.63) is 28.3 Å². The van der Waals surface area contributed by atoms with Crippen LogP contribution in [-0.4, -0.2) is 40.0 Å². The van der Waals surface area contributed by atoms with E-state index in [1.807, 2.05) is 74.4 Å². The molecule has 1 heterocycles. The van der Waals surface area contributed by atoms with E-state index in [1.54, 1.807) is 0 Å². The molecular weight excluding hydrogens is 364 g/mol. The third-order valence-electron chi connectivity index (χ3n) is 5.73. The molecule has 0 spiro atoms. The molecule has 1 aromatic rings. The van der Waals surface area contributed by atoms with Crippen LogP contribution < -0.4 is 5.46 Å². The Morgan fingerprint density at radius 2 is 1.67 bits per heavy atom. The quantitative estimate of drug-likeness (QED) is 0.748. The van der Waals surface area contributed by atoms with Crippen molar-refractivity contribution < 1.29 is 19.2 Å². The summed E-state index contributed by atoms with van der Waals surface area (Å²) in [7, 11) is -0.552. The van der Waals surface area contributed by atoms with Gasteiger partial charge in [0.25, 0.3) is 0 Å². The molecule has 1 fully saturated rings. The summed E-state index contributed by atoms with van der Waals surface area (Å²) in [5.74, 6) is 0. The van der Waals surface area contributed by atoms with Crippen LogP contribution >= 0.6 is 11.6 Å². The molecule has 0 radical (unpaired) electrons. The maximum absolute atomic E-state index is 11.8. The van der Waals surface area contributed by atoms with Crippen molar-refractivity contribution in [2.75, 3.05) is 0 Å². The van der Waals surface area contributed by atoms with Crippen molar-refractivity contribution in [3.8, 4) is 0 Å². The van der Waals surface area contributed by atoms with Gasteiger partial charge in [0.2, 0.25) is 0 Å². The molecular formula is C20H31BClNO4. The standard InChI is InChI=1S/C20H31BClNO4/c1-12-14(13(2)23(17(24)25)18(3,4)5)10-11-15(16(12)22)21-26-19(6,7)20(8,9)27-21/h10-11,13H,1-9H3,(H,24,25). The van der Waals surface area contributed by atoms with Crippen LogP contribution in [0.4, 0.5) is 4.79 Å². The highest BCUT2D eigenvalue weighted by Gasteiger charge is 2.52. The number of amides is 1. The summed E-state index contributed by atoms with van der Waals surface area (Å²) in [4.78, 5) is 13.3. The number of hydrogen-bond donors (Lipinski definition) is 1. The predicted molar refractivity (Wildman–Crippen MR) is 110 cm³/mol. The first kappa shape index (κ1) is 22.1. The van der Waals surface area contributed by atoms with Crippen molar-refractivity contribution in [1.82, 2.24) is 4.90 Å². The first-order valence-electron chi connectivity index (χ1n) is 9.27. The van der Waals surface area contributed by atoms with Gasteiger partial charge in [0.1, 0.15) is 0 Å². The minimum absolute atomic E-state index is 0.340. The Balaban J connectivity index is 2.42. The maximum Gasteiger partial charge on any atom is 0.496 e. The van der Waals surface area contributed by atoms with Gasteiger partial charge in [0, 0.05) is 16.0 Å². The number of carboxylic acid groups (broad SMARTS) is 1. The van der Waals surface area contributed by atoms with Gasteiger partial charge >= 0.3 is 13.2 Å². The Bertz CT molecular complexity index is 726. The summed E-state index contributed by atoms with van der Waals surface area (Å²) in [6, 6.07) is 3.47. The molecule has 27 heavy (non-hydrogen) atoms. The summed E-state index contributed by atoms with van der Waals surface area (Å²) in [6.07, 6.45) is -0.958. The van der Waals surface area contributed by atoms with Gasteiger partial charge in [0.15, 0.2) is 0 Å². The zero-order chi connectivity index (χ0) is 20.9. The van der Waals surface area contributed by atoms with Gasteiger partial charge < -0.3 is 14.4 Å². The van der Waals surface area contributed by atoms with Crippen molar-refractivity contribution >= 4 is 30.3 Å². The van der Waals surface area contributed by atoms with E-state index in [9.17, 15) is 9.90 Å². The summed E-state index contributed by atoms with van der Waals surface area (Å²) >= 11 is 6.68. The Morgan fingerprint density at radius 3 is 2.07 bits per heavy atom. The van der Waals surface area contributed by atoms with Crippen molar-refractivity contribution in [2.24, 2.45) is 0 Å². The van der Waals surface area contributed by atoms with E-state index in [2.05, 4.69) is 0 Å². The minimum Gasteiger partial charge on any atom is -0.465 e. The molecule has 1 saturated heterocycles. The molecule has 1 atom stereocenters. The Hall–Kier alpha value is -1.24. The van der Waals surface area contributed by atoms with E-state index < -0.39 is 30.0 Å². The summed E-state index contributed by atoms with van der Waals surface area (Å²) in [6.45, 7) is 17.4. The highest BCUT2D eigenvalue weighted by atomic mass is 35.5. The molecule has 2 rings (SSSR count). The van der Waals surface area contributed by atoms with Gasteiger partial charge in [-0.3, -0.25) is 4.90 Å². The molecule has 1 amide bonds. The highest BCUT2D eigenvalue weighted by Crippen LogP contribution is 2.38. The van der Waals surface area contributed by atoms with Gasteiger partial charge in [-0.05, 0) is 73.4 Å². The third-order valence-corrected chi connectivity index (χ3v) is 6.23. The smallest absolute Gasteiger partial charge is 0.465 e. The van der Waals surface area contributed by atoms with E-state index in [0.717, 1.165) is 16.6 Å². The molecule has 1 unspecified atom stereocenters. The largest absolute Gasteiger partial charge is 0.496 e. The van der Waals surface area contributed by atoms with E-state index in [4.69, 9.17) is 20.9 Å². The normalized spacial score (nSPS) is 19.9. The van der Waals surface area contributed by atoms with Crippen LogP contribution in [0.3, 0.4) is 0 Å². The molecule has 1 N–H and O–H groups in total. The molecule has 1 aliphatic heterocycles. The Labute approximate surface area is 168 Å².